The molecule has 1 aromatic rings. The van der Waals surface area contributed by atoms with E-state index in [4.69, 9.17) is 5.26 Å². The molecule has 2 N–H and O–H groups in total. The number of nitriles is 1. The molecule has 1 atom stereocenters. The molecule has 0 radical (unpaired) electrons. The van der Waals surface area contributed by atoms with E-state index in [1.54, 1.807) is 6.07 Å². The summed E-state index contributed by atoms with van der Waals surface area (Å²) in [6.07, 6.45) is 2.20. The first-order valence-electron chi connectivity index (χ1n) is 4.77. The molecule has 0 saturated carbocycles. The van der Waals surface area contributed by atoms with Gasteiger partial charge in [-0.1, -0.05) is 6.07 Å². The predicted molar refractivity (Wildman–Crippen MR) is 52.8 cm³/mol. The van der Waals surface area contributed by atoms with E-state index in [1.165, 1.54) is 6.07 Å². The fraction of sp³-hybridized carbons (Fsp3) is 0.364. The molecule has 1 aliphatic heterocycles. The van der Waals surface area contributed by atoms with Crippen LogP contribution in [0.25, 0.3) is 0 Å². The van der Waals surface area contributed by atoms with Gasteiger partial charge in [-0.3, -0.25) is 0 Å². The molecule has 0 amide bonds. The summed E-state index contributed by atoms with van der Waals surface area (Å²) < 4.78 is 0. The van der Waals surface area contributed by atoms with Crippen molar-refractivity contribution in [3.8, 4) is 11.8 Å². The van der Waals surface area contributed by atoms with Gasteiger partial charge in [0.25, 0.3) is 0 Å². The van der Waals surface area contributed by atoms with Crippen LogP contribution in [0.5, 0.6) is 5.75 Å². The minimum absolute atomic E-state index is 0.225. The van der Waals surface area contributed by atoms with Crippen molar-refractivity contribution in [3.63, 3.8) is 0 Å². The van der Waals surface area contributed by atoms with Crippen LogP contribution < -0.4 is 5.32 Å². The Morgan fingerprint density at radius 2 is 2.36 bits per heavy atom. The molecule has 0 aromatic heterocycles. The third-order valence-corrected chi connectivity index (χ3v) is 2.60. The lowest BCUT2D eigenvalue weighted by Gasteiger charge is -2.12. The van der Waals surface area contributed by atoms with Crippen molar-refractivity contribution in [1.82, 2.24) is 5.32 Å². The summed E-state index contributed by atoms with van der Waals surface area (Å²) in [5.41, 5.74) is 1.41. The van der Waals surface area contributed by atoms with Crippen molar-refractivity contribution >= 4 is 0 Å². The standard InChI is InChI=1S/C11H12N2O/c12-7-8-3-4-9(11(14)6-8)10-2-1-5-13-10/h3-4,6,10,13-14H,1-2,5H2/t10-/m1/s1. The molecule has 0 bridgehead atoms. The maximum absolute atomic E-state index is 9.69. The summed E-state index contributed by atoms with van der Waals surface area (Å²) in [5, 5.41) is 21.6. The number of phenols is 1. The summed E-state index contributed by atoms with van der Waals surface area (Å²) in [4.78, 5) is 0. The smallest absolute Gasteiger partial charge is 0.121 e. The quantitative estimate of drug-likeness (QED) is 0.705. The number of hydrogen-bond acceptors (Lipinski definition) is 3. The van der Waals surface area contributed by atoms with Gasteiger partial charge in [0.1, 0.15) is 5.75 Å². The normalized spacial score (nSPS) is 20.6. The Kier molecular flexibility index (Phi) is 2.38. The molecule has 0 unspecified atom stereocenters. The van der Waals surface area contributed by atoms with Crippen molar-refractivity contribution in [2.45, 2.75) is 18.9 Å². The van der Waals surface area contributed by atoms with E-state index in [0.29, 0.717) is 5.56 Å². The summed E-state index contributed by atoms with van der Waals surface area (Å²) in [7, 11) is 0. The van der Waals surface area contributed by atoms with Gasteiger partial charge in [0.2, 0.25) is 0 Å². The first kappa shape index (κ1) is 9.04. The van der Waals surface area contributed by atoms with Crippen LogP contribution in [0.1, 0.15) is 30.0 Å². The molecule has 1 aromatic carbocycles. The van der Waals surface area contributed by atoms with Gasteiger partial charge in [-0.2, -0.15) is 5.26 Å². The van der Waals surface area contributed by atoms with E-state index < -0.39 is 0 Å². The fourth-order valence-corrected chi connectivity index (χ4v) is 1.86. The monoisotopic (exact) mass is 188 g/mol. The van der Waals surface area contributed by atoms with Crippen molar-refractivity contribution in [2.75, 3.05) is 6.54 Å². The number of nitrogens with one attached hydrogen (secondary N) is 1. The third kappa shape index (κ3) is 1.57. The number of phenolic OH excluding ortho intramolecular Hbond substituents is 1. The SMILES string of the molecule is N#Cc1ccc([C@H]2CCCN2)c(O)c1. The Labute approximate surface area is 83.0 Å². The zero-order valence-electron chi connectivity index (χ0n) is 7.83. The topological polar surface area (TPSA) is 56.0 Å². The summed E-state index contributed by atoms with van der Waals surface area (Å²) >= 11 is 0. The lowest BCUT2D eigenvalue weighted by Crippen LogP contribution is -2.12. The molecule has 1 heterocycles. The summed E-state index contributed by atoms with van der Waals surface area (Å²) in [6.45, 7) is 1.00. The second-order valence-corrected chi connectivity index (χ2v) is 3.53. The van der Waals surface area contributed by atoms with Crippen LogP contribution in [-0.4, -0.2) is 11.7 Å². The molecule has 0 aliphatic carbocycles. The van der Waals surface area contributed by atoms with Gasteiger partial charge in [-0.25, -0.2) is 0 Å². The third-order valence-electron chi connectivity index (χ3n) is 2.60. The average molecular weight is 188 g/mol. The molecule has 0 spiro atoms. The maximum atomic E-state index is 9.69. The van der Waals surface area contributed by atoms with Crippen molar-refractivity contribution < 1.29 is 5.11 Å². The Bertz CT molecular complexity index is 375. The largest absolute Gasteiger partial charge is 0.508 e. The van der Waals surface area contributed by atoms with Crippen LogP contribution in [0.4, 0.5) is 0 Å². The Morgan fingerprint density at radius 1 is 1.50 bits per heavy atom. The van der Waals surface area contributed by atoms with Crippen LogP contribution in [0.3, 0.4) is 0 Å². The second kappa shape index (κ2) is 3.69. The molecule has 2 rings (SSSR count). The number of nitrogens with zero attached hydrogens (tertiary/aromatic N) is 1. The van der Waals surface area contributed by atoms with E-state index in [2.05, 4.69) is 5.32 Å². The Balaban J connectivity index is 2.30. The lowest BCUT2D eigenvalue weighted by atomic mass is 10.0. The fourth-order valence-electron chi connectivity index (χ4n) is 1.86. The summed E-state index contributed by atoms with van der Waals surface area (Å²) in [5.74, 6) is 0.225. The van der Waals surface area contributed by atoms with Crippen LogP contribution in [0.15, 0.2) is 18.2 Å². The van der Waals surface area contributed by atoms with Crippen LogP contribution in [0, 0.1) is 11.3 Å². The van der Waals surface area contributed by atoms with Crippen molar-refractivity contribution in [3.05, 3.63) is 29.3 Å². The second-order valence-electron chi connectivity index (χ2n) is 3.53. The summed E-state index contributed by atoms with van der Waals surface area (Å²) in [6, 6.07) is 7.36. The minimum Gasteiger partial charge on any atom is -0.508 e. The van der Waals surface area contributed by atoms with Crippen LogP contribution in [0.2, 0.25) is 0 Å². The molecule has 3 heteroatoms. The first-order chi connectivity index (χ1) is 6.81. The molecule has 1 saturated heterocycles. The maximum Gasteiger partial charge on any atom is 0.121 e. The van der Waals surface area contributed by atoms with Gasteiger partial charge in [-0.05, 0) is 31.5 Å². The van der Waals surface area contributed by atoms with Gasteiger partial charge in [0, 0.05) is 11.6 Å². The van der Waals surface area contributed by atoms with E-state index in [1.807, 2.05) is 12.1 Å². The van der Waals surface area contributed by atoms with E-state index in [-0.39, 0.29) is 11.8 Å². The zero-order valence-corrected chi connectivity index (χ0v) is 7.83. The van der Waals surface area contributed by atoms with E-state index in [9.17, 15) is 5.11 Å². The average Bonchev–Trinajstić information content (AvgIpc) is 2.70. The van der Waals surface area contributed by atoms with E-state index in [0.717, 1.165) is 24.9 Å². The highest BCUT2D eigenvalue weighted by Crippen LogP contribution is 2.30. The molecular formula is C11H12N2O. The number of rotatable bonds is 1. The first-order valence-corrected chi connectivity index (χ1v) is 4.77. The molecule has 1 aliphatic rings. The van der Waals surface area contributed by atoms with Crippen LogP contribution >= 0.6 is 0 Å². The number of aromatic hydroxyl groups is 1. The zero-order chi connectivity index (χ0) is 9.97. The van der Waals surface area contributed by atoms with Gasteiger partial charge >= 0.3 is 0 Å². The molecular weight excluding hydrogens is 176 g/mol. The van der Waals surface area contributed by atoms with Gasteiger partial charge in [-0.15, -0.1) is 0 Å². The Morgan fingerprint density at radius 3 is 2.93 bits per heavy atom. The highest BCUT2D eigenvalue weighted by molar-refractivity contribution is 5.43. The van der Waals surface area contributed by atoms with Crippen LogP contribution in [-0.2, 0) is 0 Å². The molecule has 72 valence electrons. The van der Waals surface area contributed by atoms with Crippen molar-refractivity contribution in [2.24, 2.45) is 0 Å². The van der Waals surface area contributed by atoms with Gasteiger partial charge in [0.05, 0.1) is 11.6 Å². The number of hydrogen-bond donors (Lipinski definition) is 2. The molecule has 14 heavy (non-hydrogen) atoms. The highest BCUT2D eigenvalue weighted by Gasteiger charge is 2.18. The van der Waals surface area contributed by atoms with Gasteiger partial charge < -0.3 is 10.4 Å². The van der Waals surface area contributed by atoms with Crippen molar-refractivity contribution in [1.29, 1.82) is 5.26 Å². The number of benzene rings is 1. The molecule has 1 fully saturated rings. The highest BCUT2D eigenvalue weighted by atomic mass is 16.3. The Hall–Kier alpha value is -1.53. The lowest BCUT2D eigenvalue weighted by molar-refractivity contribution is 0.457. The predicted octanol–water partition coefficient (Wildman–Crippen LogP) is 1.69. The molecule has 3 nitrogen and oxygen atoms in total. The van der Waals surface area contributed by atoms with E-state index >= 15 is 0 Å². The van der Waals surface area contributed by atoms with Gasteiger partial charge in [0.15, 0.2) is 0 Å². The minimum atomic E-state index is 0.225.